The Morgan fingerprint density at radius 3 is 2.71 bits per heavy atom. The highest BCUT2D eigenvalue weighted by Crippen LogP contribution is 2.39. The number of para-hydroxylation sites is 1. The molecule has 0 aliphatic carbocycles. The van der Waals surface area contributed by atoms with Gasteiger partial charge in [-0.15, -0.1) is 0 Å². The topological polar surface area (TPSA) is 94.3 Å². The van der Waals surface area contributed by atoms with Crippen LogP contribution in [0.3, 0.4) is 0 Å². The number of anilines is 1. The van der Waals surface area contributed by atoms with E-state index in [1.807, 2.05) is 54.3 Å². The van der Waals surface area contributed by atoms with E-state index in [1.165, 1.54) is 11.9 Å². The average molecular weight is 413 g/mol. The van der Waals surface area contributed by atoms with Crippen LogP contribution in [0.15, 0.2) is 60.9 Å². The summed E-state index contributed by atoms with van der Waals surface area (Å²) >= 11 is 0. The minimum atomic E-state index is -0.477. The lowest BCUT2D eigenvalue weighted by atomic mass is 10.00. The van der Waals surface area contributed by atoms with Gasteiger partial charge in [-0.05, 0) is 36.6 Å². The van der Waals surface area contributed by atoms with Gasteiger partial charge in [0.15, 0.2) is 5.75 Å². The van der Waals surface area contributed by atoms with E-state index in [4.69, 9.17) is 4.74 Å². The number of benzene rings is 2. The Morgan fingerprint density at radius 2 is 1.87 bits per heavy atom. The lowest BCUT2D eigenvalue weighted by molar-refractivity contribution is -0.385. The van der Waals surface area contributed by atoms with Crippen LogP contribution < -0.4 is 9.64 Å². The molecule has 0 bridgehead atoms. The molecule has 0 N–H and O–H groups in total. The van der Waals surface area contributed by atoms with E-state index in [2.05, 4.69) is 21.0 Å². The Kier molecular flexibility index (Phi) is 4.66. The quantitative estimate of drug-likeness (QED) is 0.356. The minimum absolute atomic E-state index is 0.0929. The van der Waals surface area contributed by atoms with Crippen LogP contribution in [0.2, 0.25) is 0 Å². The summed E-state index contributed by atoms with van der Waals surface area (Å²) in [4.78, 5) is 26.4. The first-order valence-electron chi connectivity index (χ1n) is 9.95. The van der Waals surface area contributed by atoms with E-state index in [9.17, 15) is 10.1 Å². The van der Waals surface area contributed by atoms with Crippen LogP contribution in [-0.2, 0) is 13.0 Å². The van der Waals surface area contributed by atoms with Crippen molar-refractivity contribution in [3.05, 3.63) is 87.9 Å². The number of nitrogens with zero attached hydrogens (tertiary/aromatic N) is 5. The zero-order valence-electron chi connectivity index (χ0n) is 16.9. The van der Waals surface area contributed by atoms with E-state index in [0.717, 1.165) is 23.1 Å². The fraction of sp³-hybridized carbons (Fsp3) is 0.174. The summed E-state index contributed by atoms with van der Waals surface area (Å²) < 4.78 is 5.96. The van der Waals surface area contributed by atoms with E-state index in [1.54, 1.807) is 6.07 Å². The Balaban J connectivity index is 1.56. The zero-order valence-corrected chi connectivity index (χ0v) is 16.9. The van der Waals surface area contributed by atoms with Crippen LogP contribution in [0.25, 0.3) is 10.9 Å². The number of pyridine rings is 1. The molecular formula is C23H19N5O3. The van der Waals surface area contributed by atoms with E-state index < -0.39 is 4.92 Å². The Morgan fingerprint density at radius 1 is 1.03 bits per heavy atom. The fourth-order valence-electron chi connectivity index (χ4n) is 3.90. The zero-order chi connectivity index (χ0) is 21.4. The summed E-state index contributed by atoms with van der Waals surface area (Å²) in [5.74, 6) is 0.580. The third-order valence-corrected chi connectivity index (χ3v) is 5.41. The van der Waals surface area contributed by atoms with Crippen LogP contribution >= 0.6 is 0 Å². The molecule has 5 rings (SSSR count). The maximum absolute atomic E-state index is 12.0. The molecule has 8 nitrogen and oxygen atoms in total. The molecule has 154 valence electrons. The Bertz CT molecular complexity index is 1310. The predicted octanol–water partition coefficient (Wildman–Crippen LogP) is 4.60. The molecule has 0 atom stereocenters. The third kappa shape index (κ3) is 3.52. The predicted molar refractivity (Wildman–Crippen MR) is 116 cm³/mol. The lowest BCUT2D eigenvalue weighted by Gasteiger charge is -2.29. The second kappa shape index (κ2) is 7.64. The SMILES string of the molecule is Cc1ccc2cccc(Oc3ncnc(N4CCc5ccccc5C4)c3[N+](=O)[O-])c2n1. The lowest BCUT2D eigenvalue weighted by Crippen LogP contribution is -2.31. The van der Waals surface area contributed by atoms with Crippen molar-refractivity contribution in [1.29, 1.82) is 0 Å². The molecular weight excluding hydrogens is 394 g/mol. The minimum Gasteiger partial charge on any atom is -0.431 e. The van der Waals surface area contributed by atoms with Crippen LogP contribution in [0, 0.1) is 17.0 Å². The molecule has 2 aromatic carbocycles. The second-order valence-corrected chi connectivity index (χ2v) is 7.43. The van der Waals surface area contributed by atoms with Crippen LogP contribution in [0.4, 0.5) is 11.5 Å². The van der Waals surface area contributed by atoms with Crippen LogP contribution in [-0.4, -0.2) is 26.4 Å². The molecule has 0 fully saturated rings. The van der Waals surface area contributed by atoms with Gasteiger partial charge >= 0.3 is 11.6 Å². The van der Waals surface area contributed by atoms with Crippen molar-refractivity contribution < 1.29 is 9.66 Å². The van der Waals surface area contributed by atoms with Crippen molar-refractivity contribution in [1.82, 2.24) is 15.0 Å². The molecule has 0 radical (unpaired) electrons. The number of ether oxygens (including phenoxy) is 1. The first-order chi connectivity index (χ1) is 15.1. The molecule has 0 unspecified atom stereocenters. The van der Waals surface area contributed by atoms with Crippen LogP contribution in [0.1, 0.15) is 16.8 Å². The summed E-state index contributed by atoms with van der Waals surface area (Å²) in [6, 6.07) is 17.4. The normalized spacial score (nSPS) is 13.1. The van der Waals surface area contributed by atoms with Crippen molar-refractivity contribution in [2.75, 3.05) is 11.4 Å². The summed E-state index contributed by atoms with van der Waals surface area (Å²) in [7, 11) is 0. The molecule has 1 aliphatic rings. The summed E-state index contributed by atoms with van der Waals surface area (Å²) in [5, 5.41) is 12.9. The highest BCUT2D eigenvalue weighted by Gasteiger charge is 2.30. The van der Waals surface area contributed by atoms with Gasteiger partial charge in [0.05, 0.1) is 4.92 Å². The molecule has 8 heteroatoms. The molecule has 0 saturated carbocycles. The molecule has 1 aliphatic heterocycles. The fourth-order valence-corrected chi connectivity index (χ4v) is 3.90. The smallest absolute Gasteiger partial charge is 0.373 e. The largest absolute Gasteiger partial charge is 0.431 e. The summed E-state index contributed by atoms with van der Waals surface area (Å²) in [6.07, 6.45) is 2.10. The highest BCUT2D eigenvalue weighted by atomic mass is 16.6. The van der Waals surface area contributed by atoms with Crippen molar-refractivity contribution >= 4 is 22.4 Å². The van der Waals surface area contributed by atoms with E-state index >= 15 is 0 Å². The first-order valence-corrected chi connectivity index (χ1v) is 9.95. The van der Waals surface area contributed by atoms with Crippen molar-refractivity contribution in [2.24, 2.45) is 0 Å². The molecule has 31 heavy (non-hydrogen) atoms. The van der Waals surface area contributed by atoms with Gasteiger partial charge in [-0.3, -0.25) is 10.1 Å². The number of hydrogen-bond donors (Lipinski definition) is 0. The average Bonchev–Trinajstić information content (AvgIpc) is 2.79. The van der Waals surface area contributed by atoms with Gasteiger partial charge in [0.25, 0.3) is 0 Å². The number of hydrogen-bond acceptors (Lipinski definition) is 7. The van der Waals surface area contributed by atoms with Gasteiger partial charge in [-0.1, -0.05) is 42.5 Å². The molecule has 4 aromatic rings. The monoisotopic (exact) mass is 413 g/mol. The van der Waals surface area contributed by atoms with Crippen molar-refractivity contribution in [3.63, 3.8) is 0 Å². The summed E-state index contributed by atoms with van der Waals surface area (Å²) in [6.45, 7) is 3.06. The van der Waals surface area contributed by atoms with Gasteiger partial charge in [-0.2, -0.15) is 4.98 Å². The van der Waals surface area contributed by atoms with Gasteiger partial charge in [-0.25, -0.2) is 9.97 Å². The first kappa shape index (κ1) is 18.9. The van der Waals surface area contributed by atoms with Gasteiger partial charge in [0.2, 0.25) is 5.82 Å². The van der Waals surface area contributed by atoms with E-state index in [-0.39, 0.29) is 17.4 Å². The Hall–Kier alpha value is -4.07. The molecule has 0 amide bonds. The molecule has 2 aromatic heterocycles. The van der Waals surface area contributed by atoms with Crippen molar-refractivity contribution in [3.8, 4) is 11.6 Å². The molecule has 0 spiro atoms. The second-order valence-electron chi connectivity index (χ2n) is 7.43. The highest BCUT2D eigenvalue weighted by molar-refractivity contribution is 5.85. The van der Waals surface area contributed by atoms with Gasteiger partial charge in [0, 0.05) is 24.2 Å². The third-order valence-electron chi connectivity index (χ3n) is 5.41. The van der Waals surface area contributed by atoms with E-state index in [0.29, 0.717) is 24.4 Å². The van der Waals surface area contributed by atoms with Gasteiger partial charge < -0.3 is 9.64 Å². The maximum Gasteiger partial charge on any atom is 0.373 e. The molecule has 3 heterocycles. The maximum atomic E-state index is 12.0. The van der Waals surface area contributed by atoms with Crippen molar-refractivity contribution in [2.45, 2.75) is 19.9 Å². The standard InChI is InChI=1S/C23H19N5O3/c1-15-9-10-17-7-4-8-19(20(17)26-15)31-23-21(28(29)30)22(24-14-25-23)27-12-11-16-5-2-3-6-18(16)13-27/h2-10,14H,11-13H2,1H3. The number of aromatic nitrogens is 3. The molecule has 0 saturated heterocycles. The summed E-state index contributed by atoms with van der Waals surface area (Å²) in [5.41, 5.74) is 3.60. The van der Waals surface area contributed by atoms with Gasteiger partial charge in [0.1, 0.15) is 11.8 Å². The number of rotatable bonds is 4. The number of nitro groups is 1. The Labute approximate surface area is 178 Å². The number of fused-ring (bicyclic) bond motifs is 2. The number of aryl methyl sites for hydroxylation is 1. The van der Waals surface area contributed by atoms with Crippen LogP contribution in [0.5, 0.6) is 11.6 Å².